The number of carbonyl (C=O) groups is 2. The van der Waals surface area contributed by atoms with Crippen LogP contribution in [0.5, 0.6) is 11.5 Å². The van der Waals surface area contributed by atoms with E-state index in [2.05, 4.69) is 15.6 Å². The van der Waals surface area contributed by atoms with Crippen LogP contribution in [-0.2, 0) is 17.8 Å². The molecule has 4 aromatic carbocycles. The smallest absolute Gasteiger partial charge is 0.405 e. The number of benzene rings is 4. The Balaban J connectivity index is 1.10. The highest BCUT2D eigenvalue weighted by Crippen LogP contribution is 2.46. The fourth-order valence-corrected chi connectivity index (χ4v) is 6.05. The number of anilines is 1. The van der Waals surface area contributed by atoms with E-state index in [0.717, 1.165) is 40.9 Å². The number of unbranched alkanes of at least 4 members (excludes halogenated alkanes) is 1. The predicted octanol–water partition coefficient (Wildman–Crippen LogP) is 8.05. The number of alkyl halides is 3. The lowest BCUT2D eigenvalue weighted by Crippen LogP contribution is -2.37. The molecule has 0 spiro atoms. The number of para-hydroxylation sites is 2. The van der Waals surface area contributed by atoms with Crippen molar-refractivity contribution in [2.75, 3.05) is 11.9 Å². The molecule has 10 heteroatoms. The summed E-state index contributed by atoms with van der Waals surface area (Å²) in [7, 11) is 0. The van der Waals surface area contributed by atoms with Crippen LogP contribution >= 0.6 is 0 Å². The van der Waals surface area contributed by atoms with E-state index in [1.807, 2.05) is 78.2 Å². The Morgan fingerprint density at radius 3 is 2.40 bits per heavy atom. The van der Waals surface area contributed by atoms with E-state index in [-0.39, 0.29) is 5.91 Å². The normalized spacial score (nSPS) is 13.5. The summed E-state index contributed by atoms with van der Waals surface area (Å²) in [6.07, 6.45) is -0.500. The molecule has 0 saturated heterocycles. The second kappa shape index (κ2) is 13.5. The molecule has 0 fully saturated rings. The molecule has 1 unspecified atom stereocenters. The van der Waals surface area contributed by atoms with Crippen molar-refractivity contribution >= 4 is 17.6 Å². The van der Waals surface area contributed by atoms with Crippen molar-refractivity contribution in [3.63, 3.8) is 0 Å². The number of halogens is 3. The third kappa shape index (κ3) is 7.22. The molecular weight excluding hydrogens is 605 g/mol. The average molecular weight is 639 g/mol. The summed E-state index contributed by atoms with van der Waals surface area (Å²) >= 11 is 0. The van der Waals surface area contributed by atoms with Gasteiger partial charge in [-0.2, -0.15) is 13.2 Å². The first-order chi connectivity index (χ1) is 22.7. The maximum absolute atomic E-state index is 13.2. The third-order valence-corrected chi connectivity index (χ3v) is 8.19. The van der Waals surface area contributed by atoms with E-state index < -0.39 is 24.5 Å². The van der Waals surface area contributed by atoms with Crippen LogP contribution in [0.4, 0.5) is 19.0 Å². The highest BCUT2D eigenvalue weighted by atomic mass is 19.4. The van der Waals surface area contributed by atoms with Crippen LogP contribution in [0.1, 0.15) is 51.6 Å². The Morgan fingerprint density at radius 2 is 1.60 bits per heavy atom. The van der Waals surface area contributed by atoms with Gasteiger partial charge in [0.25, 0.3) is 5.91 Å². The fourth-order valence-electron chi connectivity index (χ4n) is 6.05. The van der Waals surface area contributed by atoms with Crippen molar-refractivity contribution < 1.29 is 27.5 Å². The molecule has 6 rings (SSSR count). The summed E-state index contributed by atoms with van der Waals surface area (Å²) < 4.78 is 46.7. The van der Waals surface area contributed by atoms with Gasteiger partial charge in [0.05, 0.1) is 11.5 Å². The van der Waals surface area contributed by atoms with Crippen molar-refractivity contribution in [3.8, 4) is 22.6 Å². The number of imidazole rings is 1. The summed E-state index contributed by atoms with van der Waals surface area (Å²) in [5.74, 6) is 0.429. The van der Waals surface area contributed by atoms with Gasteiger partial charge in [-0.25, -0.2) is 4.98 Å². The lowest BCUT2D eigenvalue weighted by molar-refractivity contribution is -0.138. The first-order valence-electron chi connectivity index (χ1n) is 15.4. The number of amides is 2. The van der Waals surface area contributed by atoms with Gasteiger partial charge < -0.3 is 19.9 Å². The Morgan fingerprint density at radius 1 is 0.872 bits per heavy atom. The quantitative estimate of drug-likeness (QED) is 0.143. The fraction of sp³-hybridized carbons (Fsp3) is 0.216. The Hall–Kier alpha value is -5.38. The lowest BCUT2D eigenvalue weighted by Gasteiger charge is -2.18. The van der Waals surface area contributed by atoms with Gasteiger partial charge in [-0.1, -0.05) is 72.8 Å². The molecule has 1 aromatic heterocycles. The van der Waals surface area contributed by atoms with Crippen LogP contribution in [0, 0.1) is 6.92 Å². The van der Waals surface area contributed by atoms with Gasteiger partial charge in [-0.05, 0) is 78.3 Å². The van der Waals surface area contributed by atoms with E-state index in [1.54, 1.807) is 36.5 Å². The van der Waals surface area contributed by atoms with Crippen molar-refractivity contribution in [3.05, 3.63) is 131 Å². The van der Waals surface area contributed by atoms with Gasteiger partial charge in [0.15, 0.2) is 5.82 Å². The van der Waals surface area contributed by atoms with E-state index in [0.29, 0.717) is 41.4 Å². The lowest BCUT2D eigenvalue weighted by atomic mass is 9.90. The number of aryl methyl sites for hydroxylation is 3. The van der Waals surface area contributed by atoms with Crippen molar-refractivity contribution in [2.45, 2.75) is 44.8 Å². The highest BCUT2D eigenvalue weighted by Gasteiger charge is 2.37. The zero-order chi connectivity index (χ0) is 33.0. The van der Waals surface area contributed by atoms with Gasteiger partial charge in [0.1, 0.15) is 23.9 Å². The van der Waals surface area contributed by atoms with Crippen molar-refractivity contribution in [1.29, 1.82) is 0 Å². The second-order valence-electron chi connectivity index (χ2n) is 11.4. The average Bonchev–Trinajstić information content (AvgIpc) is 3.59. The number of ether oxygens (including phenoxy) is 1. The zero-order valence-corrected chi connectivity index (χ0v) is 25.7. The van der Waals surface area contributed by atoms with E-state index >= 15 is 0 Å². The monoisotopic (exact) mass is 638 g/mol. The Labute approximate surface area is 270 Å². The van der Waals surface area contributed by atoms with Gasteiger partial charge >= 0.3 is 6.18 Å². The summed E-state index contributed by atoms with van der Waals surface area (Å²) in [5, 5.41) is 4.97. The molecule has 47 heavy (non-hydrogen) atoms. The van der Waals surface area contributed by atoms with Crippen LogP contribution in [0.3, 0.4) is 0 Å². The molecule has 2 N–H and O–H groups in total. The maximum Gasteiger partial charge on any atom is 0.405 e. The number of carbonyl (C=O) groups excluding carboxylic acids is 2. The summed E-state index contributed by atoms with van der Waals surface area (Å²) in [6, 6.07) is 29.4. The SMILES string of the molecule is Cc1nc(NC(=O)c2ccccc2Oc2ccccc2)cn1CCCCc1cccc2c1C(C(=O)NCC(F)(F)F)c1ccccc1-2. The minimum absolute atomic E-state index is 0.339. The molecule has 1 atom stereocenters. The largest absolute Gasteiger partial charge is 0.457 e. The van der Waals surface area contributed by atoms with Crippen LogP contribution in [0.2, 0.25) is 0 Å². The molecule has 0 bridgehead atoms. The van der Waals surface area contributed by atoms with Gasteiger partial charge in [-0.15, -0.1) is 0 Å². The molecule has 2 amide bonds. The minimum Gasteiger partial charge on any atom is -0.457 e. The van der Waals surface area contributed by atoms with Gasteiger partial charge in [0, 0.05) is 12.7 Å². The molecule has 7 nitrogen and oxygen atoms in total. The van der Waals surface area contributed by atoms with Crippen LogP contribution in [0.15, 0.2) is 103 Å². The van der Waals surface area contributed by atoms with Crippen LogP contribution in [-0.4, -0.2) is 34.1 Å². The van der Waals surface area contributed by atoms with Crippen LogP contribution < -0.4 is 15.4 Å². The second-order valence-corrected chi connectivity index (χ2v) is 11.4. The molecule has 0 saturated carbocycles. The Bertz CT molecular complexity index is 1900. The summed E-state index contributed by atoms with van der Waals surface area (Å²) in [6.45, 7) is 1.14. The number of aromatic nitrogens is 2. The zero-order valence-electron chi connectivity index (χ0n) is 25.7. The van der Waals surface area contributed by atoms with Gasteiger partial charge in [-0.3, -0.25) is 9.59 Å². The Kier molecular flexibility index (Phi) is 9.10. The molecule has 240 valence electrons. The number of hydrogen-bond acceptors (Lipinski definition) is 4. The molecule has 1 heterocycles. The molecule has 1 aliphatic carbocycles. The molecule has 0 radical (unpaired) electrons. The van der Waals surface area contributed by atoms with Crippen LogP contribution in [0.25, 0.3) is 11.1 Å². The maximum atomic E-state index is 13.2. The van der Waals surface area contributed by atoms with Crippen molar-refractivity contribution in [1.82, 2.24) is 14.9 Å². The first-order valence-corrected chi connectivity index (χ1v) is 15.4. The topological polar surface area (TPSA) is 85.2 Å². The van der Waals surface area contributed by atoms with E-state index in [4.69, 9.17) is 4.74 Å². The standard InChI is InChI=1S/C37H33F3N4O3/c1-24-42-32(43-35(45)30-18-7-8-20-31(30)47-26-14-3-2-4-15-26)22-44(24)21-10-9-12-25-13-11-19-28-27-16-5-6-17-29(27)34(33(25)28)36(46)41-23-37(38,39)40/h2-8,11,13-20,22,34H,9-10,12,21,23H2,1H3,(H,41,46)(H,43,45). The molecule has 0 aliphatic heterocycles. The predicted molar refractivity (Wildman–Crippen MR) is 174 cm³/mol. The third-order valence-electron chi connectivity index (χ3n) is 8.19. The molecule has 5 aromatic rings. The molecule has 1 aliphatic rings. The minimum atomic E-state index is -4.49. The number of hydrogen-bond donors (Lipinski definition) is 2. The van der Waals surface area contributed by atoms with E-state index in [9.17, 15) is 22.8 Å². The molecular formula is C37H33F3N4O3. The number of nitrogens with one attached hydrogen (secondary N) is 2. The number of fused-ring (bicyclic) bond motifs is 3. The summed E-state index contributed by atoms with van der Waals surface area (Å²) in [5.41, 5.74) is 4.56. The van der Waals surface area contributed by atoms with E-state index in [1.165, 1.54) is 0 Å². The summed E-state index contributed by atoms with van der Waals surface area (Å²) in [4.78, 5) is 30.8. The number of nitrogens with zero attached hydrogens (tertiary/aromatic N) is 2. The highest BCUT2D eigenvalue weighted by molar-refractivity contribution is 6.05. The number of rotatable bonds is 11. The van der Waals surface area contributed by atoms with Crippen molar-refractivity contribution in [2.24, 2.45) is 0 Å². The first kappa shape index (κ1) is 31.6. The van der Waals surface area contributed by atoms with Gasteiger partial charge in [0.2, 0.25) is 5.91 Å².